The van der Waals surface area contributed by atoms with E-state index in [1.54, 1.807) is 37.4 Å². The Bertz CT molecular complexity index is 904. The van der Waals surface area contributed by atoms with Gasteiger partial charge in [0.1, 0.15) is 5.75 Å². The molecule has 1 heterocycles. The van der Waals surface area contributed by atoms with Gasteiger partial charge in [0.2, 0.25) is 0 Å². The summed E-state index contributed by atoms with van der Waals surface area (Å²) < 4.78 is 5.13. The molecule has 1 aliphatic heterocycles. The molecule has 31 heavy (non-hydrogen) atoms. The Kier molecular flexibility index (Phi) is 7.39. The summed E-state index contributed by atoms with van der Waals surface area (Å²) in [4.78, 5) is 27.6. The Balaban J connectivity index is 1.76. The Morgan fingerprint density at radius 2 is 1.61 bits per heavy atom. The topological polar surface area (TPSA) is 82.7 Å². The number of anilines is 3. The minimum atomic E-state index is -0.375. The van der Waals surface area contributed by atoms with Crippen LogP contribution in [-0.2, 0) is 0 Å². The van der Waals surface area contributed by atoms with Crippen molar-refractivity contribution in [2.45, 2.75) is 39.7 Å². The van der Waals surface area contributed by atoms with Crippen molar-refractivity contribution in [2.24, 2.45) is 5.92 Å². The van der Waals surface area contributed by atoms with Crippen LogP contribution in [0.25, 0.3) is 0 Å². The lowest BCUT2D eigenvalue weighted by atomic mass is 9.97. The summed E-state index contributed by atoms with van der Waals surface area (Å²) in [5.74, 6) is 1.28. The van der Waals surface area contributed by atoms with Crippen LogP contribution in [0.3, 0.4) is 0 Å². The lowest BCUT2D eigenvalue weighted by Crippen LogP contribution is -2.36. The van der Waals surface area contributed by atoms with E-state index in [1.807, 2.05) is 26.0 Å². The summed E-state index contributed by atoms with van der Waals surface area (Å²) in [6.45, 7) is 7.98. The van der Waals surface area contributed by atoms with Gasteiger partial charge in [-0.15, -0.1) is 0 Å². The van der Waals surface area contributed by atoms with Crippen molar-refractivity contribution in [2.75, 3.05) is 35.7 Å². The highest BCUT2D eigenvalue weighted by Crippen LogP contribution is 2.29. The molecular weight excluding hydrogens is 392 g/mol. The number of ether oxygens (including phenoxy) is 1. The van der Waals surface area contributed by atoms with Gasteiger partial charge < -0.3 is 25.6 Å². The number of hydrogen-bond acceptors (Lipinski definition) is 4. The lowest BCUT2D eigenvalue weighted by molar-refractivity contribution is 0.0943. The number of amides is 3. The highest BCUT2D eigenvalue weighted by Gasteiger charge is 2.22. The van der Waals surface area contributed by atoms with Crippen molar-refractivity contribution in [1.29, 1.82) is 0 Å². The second-order valence-corrected chi connectivity index (χ2v) is 8.34. The van der Waals surface area contributed by atoms with E-state index in [-0.39, 0.29) is 18.0 Å². The van der Waals surface area contributed by atoms with E-state index < -0.39 is 0 Å². The number of nitrogens with zero attached hydrogens (tertiary/aromatic N) is 1. The molecule has 3 rings (SSSR count). The van der Waals surface area contributed by atoms with E-state index in [9.17, 15) is 9.59 Å². The second kappa shape index (κ2) is 10.2. The van der Waals surface area contributed by atoms with Gasteiger partial charge >= 0.3 is 6.03 Å². The van der Waals surface area contributed by atoms with Crippen LogP contribution in [0, 0.1) is 5.92 Å². The van der Waals surface area contributed by atoms with Gasteiger partial charge in [-0.25, -0.2) is 4.79 Å². The molecule has 3 amide bonds. The predicted octanol–water partition coefficient (Wildman–Crippen LogP) is 4.71. The summed E-state index contributed by atoms with van der Waals surface area (Å²) in [6.07, 6.45) is 2.21. The molecule has 7 heteroatoms. The van der Waals surface area contributed by atoms with Gasteiger partial charge in [-0.05, 0) is 75.1 Å². The molecule has 0 aromatic heterocycles. The molecule has 1 saturated heterocycles. The van der Waals surface area contributed by atoms with E-state index in [4.69, 9.17) is 4.74 Å². The first-order valence-corrected chi connectivity index (χ1v) is 10.8. The van der Waals surface area contributed by atoms with Gasteiger partial charge in [0.25, 0.3) is 5.91 Å². The fourth-order valence-electron chi connectivity index (χ4n) is 3.63. The molecule has 7 nitrogen and oxygen atoms in total. The van der Waals surface area contributed by atoms with Gasteiger partial charge in [0.05, 0.1) is 12.7 Å². The van der Waals surface area contributed by atoms with Crippen LogP contribution < -0.4 is 25.6 Å². The standard InChI is InChI=1S/C24H32N4O3/c1-16(2)25-23(29)21-15-19(7-10-22(21)28-13-11-17(3)12-14-28)27-24(30)26-18-5-8-20(31-4)9-6-18/h5-10,15-17H,11-14H2,1-4H3,(H,25,29)(H2,26,27,30). The zero-order valence-corrected chi connectivity index (χ0v) is 18.7. The van der Waals surface area contributed by atoms with Gasteiger partial charge in [-0.1, -0.05) is 6.92 Å². The minimum Gasteiger partial charge on any atom is -0.497 e. The normalized spacial score (nSPS) is 14.3. The van der Waals surface area contributed by atoms with Crippen molar-refractivity contribution in [1.82, 2.24) is 5.32 Å². The Labute approximate surface area is 184 Å². The average molecular weight is 425 g/mol. The van der Waals surface area contributed by atoms with Crippen molar-refractivity contribution >= 4 is 29.0 Å². The fourth-order valence-corrected chi connectivity index (χ4v) is 3.63. The number of urea groups is 1. The third-order valence-electron chi connectivity index (χ3n) is 5.39. The predicted molar refractivity (Wildman–Crippen MR) is 125 cm³/mol. The number of nitrogens with one attached hydrogen (secondary N) is 3. The van der Waals surface area contributed by atoms with Gasteiger partial charge in [-0.3, -0.25) is 4.79 Å². The maximum Gasteiger partial charge on any atom is 0.323 e. The van der Waals surface area contributed by atoms with E-state index >= 15 is 0 Å². The van der Waals surface area contributed by atoms with Crippen molar-refractivity contribution in [3.8, 4) is 5.75 Å². The zero-order chi connectivity index (χ0) is 22.4. The molecule has 3 N–H and O–H groups in total. The molecule has 0 atom stereocenters. The van der Waals surface area contributed by atoms with E-state index in [0.29, 0.717) is 22.9 Å². The largest absolute Gasteiger partial charge is 0.497 e. The lowest BCUT2D eigenvalue weighted by Gasteiger charge is -2.33. The number of benzene rings is 2. The molecule has 0 bridgehead atoms. The Morgan fingerprint density at radius 3 is 2.23 bits per heavy atom. The number of carbonyl (C=O) groups excluding carboxylic acids is 2. The fraction of sp³-hybridized carbons (Fsp3) is 0.417. The first-order valence-electron chi connectivity index (χ1n) is 10.8. The Morgan fingerprint density at radius 1 is 1.00 bits per heavy atom. The summed E-state index contributed by atoms with van der Waals surface area (Å²) in [5, 5.41) is 8.59. The molecular formula is C24H32N4O3. The maximum atomic E-state index is 12.9. The third kappa shape index (κ3) is 6.13. The van der Waals surface area contributed by atoms with Crippen LogP contribution in [-0.4, -0.2) is 38.2 Å². The van der Waals surface area contributed by atoms with Crippen LogP contribution >= 0.6 is 0 Å². The second-order valence-electron chi connectivity index (χ2n) is 8.34. The van der Waals surface area contributed by atoms with E-state index in [2.05, 4.69) is 27.8 Å². The molecule has 2 aromatic carbocycles. The van der Waals surface area contributed by atoms with Crippen LogP contribution in [0.15, 0.2) is 42.5 Å². The number of piperidine rings is 1. The summed E-state index contributed by atoms with van der Waals surface area (Å²) in [5.41, 5.74) is 2.70. The van der Waals surface area contributed by atoms with Crippen LogP contribution in [0.5, 0.6) is 5.75 Å². The Hall–Kier alpha value is -3.22. The number of hydrogen-bond donors (Lipinski definition) is 3. The molecule has 0 saturated carbocycles. The maximum absolute atomic E-state index is 12.9. The SMILES string of the molecule is COc1ccc(NC(=O)Nc2ccc(N3CCC(C)CC3)c(C(=O)NC(C)C)c2)cc1. The first kappa shape index (κ1) is 22.5. The summed E-state index contributed by atoms with van der Waals surface area (Å²) in [6, 6.07) is 12.2. The van der Waals surface area contributed by atoms with Gasteiger partial charge in [-0.2, -0.15) is 0 Å². The highest BCUT2D eigenvalue weighted by molar-refractivity contribution is 6.04. The molecule has 0 unspecified atom stereocenters. The summed E-state index contributed by atoms with van der Waals surface area (Å²) >= 11 is 0. The smallest absolute Gasteiger partial charge is 0.323 e. The number of rotatable bonds is 6. The monoisotopic (exact) mass is 424 g/mol. The van der Waals surface area contributed by atoms with E-state index in [0.717, 1.165) is 37.4 Å². The average Bonchev–Trinajstić information content (AvgIpc) is 2.74. The van der Waals surface area contributed by atoms with E-state index in [1.165, 1.54) is 0 Å². The molecule has 0 aliphatic carbocycles. The first-order chi connectivity index (χ1) is 14.9. The van der Waals surface area contributed by atoms with Crippen molar-refractivity contribution in [3.05, 3.63) is 48.0 Å². The van der Waals surface area contributed by atoms with Crippen molar-refractivity contribution in [3.63, 3.8) is 0 Å². The quantitative estimate of drug-likeness (QED) is 0.627. The van der Waals surface area contributed by atoms with Crippen molar-refractivity contribution < 1.29 is 14.3 Å². The zero-order valence-electron chi connectivity index (χ0n) is 18.7. The molecule has 1 fully saturated rings. The molecule has 2 aromatic rings. The van der Waals surface area contributed by atoms with Gasteiger partial charge in [0, 0.05) is 36.2 Å². The third-order valence-corrected chi connectivity index (χ3v) is 5.39. The number of methoxy groups -OCH3 is 1. The molecule has 1 aliphatic rings. The molecule has 166 valence electrons. The minimum absolute atomic E-state index is 0.0247. The molecule has 0 spiro atoms. The number of carbonyl (C=O) groups is 2. The van der Waals surface area contributed by atoms with Crippen LogP contribution in [0.2, 0.25) is 0 Å². The van der Waals surface area contributed by atoms with Gasteiger partial charge in [0.15, 0.2) is 0 Å². The summed E-state index contributed by atoms with van der Waals surface area (Å²) in [7, 11) is 1.59. The van der Waals surface area contributed by atoms with Crippen LogP contribution in [0.1, 0.15) is 44.0 Å². The van der Waals surface area contributed by atoms with Crippen LogP contribution in [0.4, 0.5) is 21.9 Å². The molecule has 0 radical (unpaired) electrons. The highest BCUT2D eigenvalue weighted by atomic mass is 16.5.